The lowest BCUT2D eigenvalue weighted by Gasteiger charge is -2.11. The number of carbonyl (C=O) groups excluding carboxylic acids is 2. The van der Waals surface area contributed by atoms with Gasteiger partial charge in [0.25, 0.3) is 5.69 Å². The third-order valence-electron chi connectivity index (χ3n) is 3.19. The molecule has 0 saturated carbocycles. The van der Waals surface area contributed by atoms with Crippen LogP contribution in [0, 0.1) is 10.1 Å². The molecule has 0 aliphatic carbocycles. The molecular formula is C17H16N2O6. The van der Waals surface area contributed by atoms with Crippen LogP contribution >= 0.6 is 0 Å². The van der Waals surface area contributed by atoms with Gasteiger partial charge in [-0.1, -0.05) is 30.3 Å². The molecule has 0 aliphatic heterocycles. The Morgan fingerprint density at radius 2 is 1.88 bits per heavy atom. The summed E-state index contributed by atoms with van der Waals surface area (Å²) in [7, 11) is 0. The summed E-state index contributed by atoms with van der Waals surface area (Å²) < 4.78 is 10.2. The van der Waals surface area contributed by atoms with Crippen LogP contribution < -0.4 is 10.5 Å². The second-order valence-corrected chi connectivity index (χ2v) is 5.21. The number of nitro benzene ring substituents is 1. The van der Waals surface area contributed by atoms with Gasteiger partial charge in [-0.2, -0.15) is 0 Å². The van der Waals surface area contributed by atoms with Crippen molar-refractivity contribution in [2.45, 2.75) is 19.6 Å². The maximum atomic E-state index is 12.3. The molecule has 0 bridgehead atoms. The fourth-order valence-electron chi connectivity index (χ4n) is 1.88. The van der Waals surface area contributed by atoms with E-state index in [1.165, 1.54) is 6.92 Å². The molecule has 8 nitrogen and oxygen atoms in total. The van der Waals surface area contributed by atoms with E-state index in [1.54, 1.807) is 24.3 Å². The number of esters is 2. The second kappa shape index (κ2) is 8.02. The third-order valence-corrected chi connectivity index (χ3v) is 3.19. The zero-order valence-electron chi connectivity index (χ0n) is 13.4. The standard InChI is InChI=1S/C17H16N2O6/c1-11(18)16(20)25-15-8-7-13(19(22)23)9-14(15)17(21)24-10-12-5-3-2-4-6-12/h2-9,11H,10,18H2,1H3/t11-/m0/s1. The molecular weight excluding hydrogens is 328 g/mol. The van der Waals surface area contributed by atoms with Crippen LogP contribution in [0.2, 0.25) is 0 Å². The monoisotopic (exact) mass is 344 g/mol. The first-order valence-corrected chi connectivity index (χ1v) is 7.35. The summed E-state index contributed by atoms with van der Waals surface area (Å²) in [5.74, 6) is -1.77. The van der Waals surface area contributed by atoms with E-state index < -0.39 is 22.9 Å². The first kappa shape index (κ1) is 18.1. The number of non-ortho nitro benzene ring substituents is 1. The number of nitrogens with two attached hydrogens (primary N) is 1. The highest BCUT2D eigenvalue weighted by Crippen LogP contribution is 2.25. The molecule has 130 valence electrons. The van der Waals surface area contributed by atoms with Crippen molar-refractivity contribution < 1.29 is 24.0 Å². The second-order valence-electron chi connectivity index (χ2n) is 5.21. The van der Waals surface area contributed by atoms with Crippen molar-refractivity contribution in [3.63, 3.8) is 0 Å². The Balaban J connectivity index is 2.25. The molecule has 2 aromatic carbocycles. The number of rotatable bonds is 6. The molecule has 1 atom stereocenters. The molecule has 8 heteroatoms. The van der Waals surface area contributed by atoms with E-state index in [2.05, 4.69) is 0 Å². The van der Waals surface area contributed by atoms with Gasteiger partial charge in [-0.15, -0.1) is 0 Å². The van der Waals surface area contributed by atoms with Crippen LogP contribution in [0.3, 0.4) is 0 Å². The molecule has 0 saturated heterocycles. The van der Waals surface area contributed by atoms with Crippen LogP contribution in [0.15, 0.2) is 48.5 Å². The van der Waals surface area contributed by atoms with Crippen LogP contribution in [0.25, 0.3) is 0 Å². The van der Waals surface area contributed by atoms with Crippen LogP contribution in [0.4, 0.5) is 5.69 Å². The average Bonchev–Trinajstić information content (AvgIpc) is 2.60. The van der Waals surface area contributed by atoms with Gasteiger partial charge < -0.3 is 15.2 Å². The SMILES string of the molecule is C[C@H](N)C(=O)Oc1ccc([N+](=O)[O-])cc1C(=O)OCc1ccccc1. The van der Waals surface area contributed by atoms with Gasteiger partial charge >= 0.3 is 11.9 Å². The van der Waals surface area contributed by atoms with Crippen LogP contribution in [0.5, 0.6) is 5.75 Å². The Kier molecular flexibility index (Phi) is 5.80. The van der Waals surface area contributed by atoms with Crippen molar-refractivity contribution >= 4 is 17.6 Å². The molecule has 0 radical (unpaired) electrons. The summed E-state index contributed by atoms with van der Waals surface area (Å²) in [6, 6.07) is 11.3. The zero-order valence-corrected chi connectivity index (χ0v) is 13.4. The van der Waals surface area contributed by atoms with Gasteiger partial charge in [0, 0.05) is 12.1 Å². The molecule has 25 heavy (non-hydrogen) atoms. The van der Waals surface area contributed by atoms with E-state index in [4.69, 9.17) is 15.2 Å². The lowest BCUT2D eigenvalue weighted by molar-refractivity contribution is -0.384. The van der Waals surface area contributed by atoms with Crippen molar-refractivity contribution in [3.05, 3.63) is 69.8 Å². The molecule has 0 spiro atoms. The Hall–Kier alpha value is -3.26. The van der Waals surface area contributed by atoms with E-state index in [1.807, 2.05) is 6.07 Å². The zero-order chi connectivity index (χ0) is 18.4. The lowest BCUT2D eigenvalue weighted by atomic mass is 10.1. The normalized spacial score (nSPS) is 11.4. The maximum Gasteiger partial charge on any atom is 0.342 e. The first-order valence-electron chi connectivity index (χ1n) is 7.35. The first-order chi connectivity index (χ1) is 11.9. The molecule has 0 heterocycles. The van der Waals surface area contributed by atoms with Crippen molar-refractivity contribution in [2.75, 3.05) is 0 Å². The predicted molar refractivity (Wildman–Crippen MR) is 87.9 cm³/mol. The fraction of sp³-hybridized carbons (Fsp3) is 0.176. The molecule has 2 rings (SSSR count). The van der Waals surface area contributed by atoms with Gasteiger partial charge in [-0.05, 0) is 18.6 Å². The Morgan fingerprint density at radius 3 is 2.48 bits per heavy atom. The van der Waals surface area contributed by atoms with E-state index in [0.29, 0.717) is 0 Å². The van der Waals surface area contributed by atoms with Crippen molar-refractivity contribution in [1.82, 2.24) is 0 Å². The Morgan fingerprint density at radius 1 is 1.20 bits per heavy atom. The minimum Gasteiger partial charge on any atom is -0.457 e. The topological polar surface area (TPSA) is 122 Å². The van der Waals surface area contributed by atoms with E-state index in [9.17, 15) is 19.7 Å². The van der Waals surface area contributed by atoms with Crippen molar-refractivity contribution in [2.24, 2.45) is 5.73 Å². The number of nitrogens with zero attached hydrogens (tertiary/aromatic N) is 1. The van der Waals surface area contributed by atoms with Crippen molar-refractivity contribution in [3.8, 4) is 5.75 Å². The molecule has 0 fully saturated rings. The molecule has 0 aliphatic rings. The smallest absolute Gasteiger partial charge is 0.342 e. The highest BCUT2D eigenvalue weighted by Gasteiger charge is 2.22. The number of benzene rings is 2. The molecule has 2 N–H and O–H groups in total. The highest BCUT2D eigenvalue weighted by atomic mass is 16.6. The predicted octanol–water partition coefficient (Wildman–Crippen LogP) is 2.20. The van der Waals surface area contributed by atoms with Gasteiger partial charge in [-0.3, -0.25) is 10.1 Å². The summed E-state index contributed by atoms with van der Waals surface area (Å²) in [6.07, 6.45) is 0. The summed E-state index contributed by atoms with van der Waals surface area (Å²) in [6.45, 7) is 1.39. The number of nitro groups is 1. The lowest BCUT2D eigenvalue weighted by Crippen LogP contribution is -2.31. The van der Waals surface area contributed by atoms with Gasteiger partial charge in [-0.25, -0.2) is 9.59 Å². The van der Waals surface area contributed by atoms with Crippen LogP contribution in [-0.4, -0.2) is 22.9 Å². The largest absolute Gasteiger partial charge is 0.457 e. The number of carbonyl (C=O) groups is 2. The van der Waals surface area contributed by atoms with Crippen molar-refractivity contribution in [1.29, 1.82) is 0 Å². The molecule has 0 aromatic heterocycles. The average molecular weight is 344 g/mol. The van der Waals surface area contributed by atoms with Crippen LogP contribution in [-0.2, 0) is 16.1 Å². The number of hydrogen-bond acceptors (Lipinski definition) is 7. The third kappa shape index (κ3) is 4.85. The number of ether oxygens (including phenoxy) is 2. The summed E-state index contributed by atoms with van der Waals surface area (Å²) in [5, 5.41) is 10.9. The highest BCUT2D eigenvalue weighted by molar-refractivity contribution is 5.94. The minimum atomic E-state index is -0.914. The van der Waals surface area contributed by atoms with Gasteiger partial charge in [0.05, 0.1) is 4.92 Å². The van der Waals surface area contributed by atoms with Gasteiger partial charge in [0.1, 0.15) is 24.0 Å². The van der Waals surface area contributed by atoms with E-state index >= 15 is 0 Å². The fourth-order valence-corrected chi connectivity index (χ4v) is 1.88. The summed E-state index contributed by atoms with van der Waals surface area (Å²) >= 11 is 0. The van der Waals surface area contributed by atoms with E-state index in [0.717, 1.165) is 23.8 Å². The Labute approximate surface area is 143 Å². The summed E-state index contributed by atoms with van der Waals surface area (Å²) in [5.41, 5.74) is 5.62. The maximum absolute atomic E-state index is 12.3. The van der Waals surface area contributed by atoms with Crippen LogP contribution in [0.1, 0.15) is 22.8 Å². The summed E-state index contributed by atoms with van der Waals surface area (Å²) in [4.78, 5) is 34.2. The van der Waals surface area contributed by atoms with E-state index in [-0.39, 0.29) is 23.6 Å². The van der Waals surface area contributed by atoms with Gasteiger partial charge in [0.15, 0.2) is 0 Å². The number of hydrogen-bond donors (Lipinski definition) is 1. The Bertz CT molecular complexity index is 789. The minimum absolute atomic E-state index is 0.0248. The molecule has 2 aromatic rings. The quantitative estimate of drug-likeness (QED) is 0.369. The molecule has 0 unspecified atom stereocenters. The molecule has 0 amide bonds. The van der Waals surface area contributed by atoms with Gasteiger partial charge in [0.2, 0.25) is 0 Å².